The molecule has 17 heavy (non-hydrogen) atoms. The smallest absolute Gasteiger partial charge is 0.293 e. The Bertz CT molecular complexity index is 271. The summed E-state index contributed by atoms with van der Waals surface area (Å²) in [6.45, 7) is 7.16. The number of carbonyl (C=O) groups excluding carboxylic acids is 1. The van der Waals surface area contributed by atoms with Crippen LogP contribution in [0.25, 0.3) is 10.4 Å². The molecule has 98 valence electrons. The second-order valence-corrected chi connectivity index (χ2v) is 4.71. The van der Waals surface area contributed by atoms with Crippen molar-refractivity contribution in [2.24, 2.45) is 5.22 Å². The molecule has 1 N–H and O–H groups in total. The highest BCUT2D eigenvalue weighted by Crippen LogP contribution is 2.09. The van der Waals surface area contributed by atoms with Crippen LogP contribution in [-0.2, 0) is 9.53 Å². The number of piperidine rings is 1. The molecule has 1 aliphatic rings. The Kier molecular flexibility index (Phi) is 7.09. The fraction of sp³-hybridized carbons (Fsp3) is 0.900. The molecule has 0 aromatic heterocycles. The molecule has 0 aliphatic carbocycles. The summed E-state index contributed by atoms with van der Waals surface area (Å²) >= 11 is 0. The van der Waals surface area contributed by atoms with Crippen LogP contribution < -0.4 is 0 Å². The molecular formula is C10H20N4O3. The zero-order valence-electron chi connectivity index (χ0n) is 10.5. The van der Waals surface area contributed by atoms with Gasteiger partial charge in [-0.2, -0.15) is 4.91 Å². The molecule has 0 bridgehead atoms. The number of β-amino-alcohol motifs (C(OH)–C–C–N with tert-alkyl or cyclic N) is 1. The lowest BCUT2D eigenvalue weighted by molar-refractivity contribution is -0.138. The molecule has 0 aromatic rings. The van der Waals surface area contributed by atoms with Gasteiger partial charge in [0.25, 0.3) is 6.47 Å². The predicted octanol–water partition coefficient (Wildman–Crippen LogP) is 1.63. The van der Waals surface area contributed by atoms with Crippen molar-refractivity contribution in [3.63, 3.8) is 0 Å². The Morgan fingerprint density at radius 3 is 2.59 bits per heavy atom. The molecule has 0 radical (unpaired) electrons. The molecule has 1 heterocycles. The molecule has 1 saturated heterocycles. The van der Waals surface area contributed by atoms with Crippen LogP contribution in [0.5, 0.6) is 0 Å². The standard InChI is InChI=1S/C5H10N4O.C5H10O2/c6-7-8-9-3-1-2-5(10)4-9;1-5(2,3)7-4-6/h5,10H,1-4H2;4H,1-3H3. The van der Waals surface area contributed by atoms with E-state index in [1.807, 2.05) is 20.8 Å². The van der Waals surface area contributed by atoms with E-state index in [2.05, 4.69) is 14.9 Å². The zero-order chi connectivity index (χ0) is 13.3. The van der Waals surface area contributed by atoms with Gasteiger partial charge in [-0.1, -0.05) is 0 Å². The third kappa shape index (κ3) is 9.47. The number of ether oxygens (including phenoxy) is 1. The highest BCUT2D eigenvalue weighted by molar-refractivity contribution is 5.37. The van der Waals surface area contributed by atoms with Gasteiger partial charge in [-0.3, -0.25) is 4.79 Å². The van der Waals surface area contributed by atoms with Gasteiger partial charge in [0.15, 0.2) is 0 Å². The first-order valence-corrected chi connectivity index (χ1v) is 5.48. The summed E-state index contributed by atoms with van der Waals surface area (Å²) in [4.78, 5) is 12.2. The summed E-state index contributed by atoms with van der Waals surface area (Å²) in [5.41, 5.74) is 7.72. The minimum absolute atomic E-state index is 0.318. The van der Waals surface area contributed by atoms with Gasteiger partial charge >= 0.3 is 0 Å². The van der Waals surface area contributed by atoms with Gasteiger partial charge in [0.1, 0.15) is 12.1 Å². The number of azide groups is 1. The molecule has 1 unspecified atom stereocenters. The average Bonchev–Trinajstić information content (AvgIpc) is 2.17. The second kappa shape index (κ2) is 7.76. The number of nitrogens with zero attached hydrogens (tertiary/aromatic N) is 4. The molecule has 1 rings (SSSR count). The first-order valence-electron chi connectivity index (χ1n) is 5.48. The van der Waals surface area contributed by atoms with Crippen molar-refractivity contribution >= 4 is 6.47 Å². The summed E-state index contributed by atoms with van der Waals surface area (Å²) < 4.78 is 4.55. The molecule has 1 fully saturated rings. The van der Waals surface area contributed by atoms with Crippen LogP contribution >= 0.6 is 0 Å². The topological polar surface area (TPSA) is 98.5 Å². The van der Waals surface area contributed by atoms with E-state index >= 15 is 0 Å². The van der Waals surface area contributed by atoms with E-state index in [0.717, 1.165) is 19.4 Å². The van der Waals surface area contributed by atoms with E-state index < -0.39 is 0 Å². The van der Waals surface area contributed by atoms with Gasteiger partial charge in [-0.05, 0) is 38.8 Å². The van der Waals surface area contributed by atoms with Crippen LogP contribution in [-0.4, -0.2) is 41.4 Å². The van der Waals surface area contributed by atoms with Crippen molar-refractivity contribution in [3.8, 4) is 0 Å². The fourth-order valence-electron chi connectivity index (χ4n) is 1.22. The van der Waals surface area contributed by atoms with E-state index in [9.17, 15) is 4.79 Å². The lowest BCUT2D eigenvalue weighted by Gasteiger charge is -2.22. The van der Waals surface area contributed by atoms with Gasteiger partial charge in [0.05, 0.1) is 12.6 Å². The maximum absolute atomic E-state index is 9.60. The molecule has 0 saturated carbocycles. The third-order valence-corrected chi connectivity index (χ3v) is 1.94. The van der Waals surface area contributed by atoms with Crippen molar-refractivity contribution in [1.82, 2.24) is 5.01 Å². The Labute approximate surface area is 101 Å². The van der Waals surface area contributed by atoms with Crippen LogP contribution in [0.2, 0.25) is 0 Å². The number of hydrogen-bond donors (Lipinski definition) is 1. The lowest BCUT2D eigenvalue weighted by atomic mass is 10.1. The Morgan fingerprint density at radius 2 is 2.24 bits per heavy atom. The molecule has 7 heteroatoms. The number of hydrogen-bond acceptors (Lipinski definition) is 4. The van der Waals surface area contributed by atoms with Crippen molar-refractivity contribution in [2.45, 2.75) is 45.3 Å². The molecule has 7 nitrogen and oxygen atoms in total. The Hall–Kier alpha value is -1.46. The molecule has 1 atom stereocenters. The normalized spacial score (nSPS) is 19.5. The summed E-state index contributed by atoms with van der Waals surface area (Å²) in [6, 6.07) is 0. The Balaban J connectivity index is 0.000000325. The number of aliphatic hydroxyl groups excluding tert-OH is 1. The van der Waals surface area contributed by atoms with Gasteiger partial charge < -0.3 is 9.84 Å². The highest BCUT2D eigenvalue weighted by Gasteiger charge is 2.18. The van der Waals surface area contributed by atoms with Crippen molar-refractivity contribution in [1.29, 1.82) is 0 Å². The largest absolute Gasteiger partial charge is 0.462 e. The average molecular weight is 244 g/mol. The van der Waals surface area contributed by atoms with Crippen molar-refractivity contribution in [2.75, 3.05) is 13.1 Å². The van der Waals surface area contributed by atoms with E-state index in [4.69, 9.17) is 10.6 Å². The fourth-order valence-corrected chi connectivity index (χ4v) is 1.22. The van der Waals surface area contributed by atoms with Gasteiger partial charge in [0, 0.05) is 0 Å². The van der Waals surface area contributed by atoms with Crippen LogP contribution in [0.15, 0.2) is 5.22 Å². The number of aliphatic hydroxyl groups is 1. The zero-order valence-corrected chi connectivity index (χ0v) is 10.5. The molecular weight excluding hydrogens is 224 g/mol. The van der Waals surface area contributed by atoms with E-state index in [0.29, 0.717) is 13.0 Å². The predicted molar refractivity (Wildman–Crippen MR) is 62.9 cm³/mol. The van der Waals surface area contributed by atoms with Gasteiger partial charge in [-0.25, -0.2) is 5.01 Å². The monoisotopic (exact) mass is 244 g/mol. The number of rotatable bonds is 2. The minimum atomic E-state index is -0.320. The Morgan fingerprint density at radius 1 is 1.59 bits per heavy atom. The molecule has 0 amide bonds. The quantitative estimate of drug-likeness (QED) is 0.345. The van der Waals surface area contributed by atoms with E-state index in [-0.39, 0.29) is 11.7 Å². The summed E-state index contributed by atoms with van der Waals surface area (Å²) in [5.74, 6) is 0. The van der Waals surface area contributed by atoms with Crippen LogP contribution in [0, 0.1) is 0 Å². The van der Waals surface area contributed by atoms with Gasteiger partial charge in [0.2, 0.25) is 0 Å². The second-order valence-electron chi connectivity index (χ2n) is 4.71. The van der Waals surface area contributed by atoms with Crippen LogP contribution in [0.3, 0.4) is 0 Å². The third-order valence-electron chi connectivity index (χ3n) is 1.94. The summed E-state index contributed by atoms with van der Waals surface area (Å²) in [6.07, 6.45) is 1.40. The summed E-state index contributed by atoms with van der Waals surface area (Å²) in [7, 11) is 0. The van der Waals surface area contributed by atoms with Crippen LogP contribution in [0.1, 0.15) is 33.6 Å². The van der Waals surface area contributed by atoms with Crippen molar-refractivity contribution < 1.29 is 14.6 Å². The molecule has 0 spiro atoms. The van der Waals surface area contributed by atoms with Crippen LogP contribution in [0.4, 0.5) is 0 Å². The lowest BCUT2D eigenvalue weighted by Crippen LogP contribution is -2.34. The SMILES string of the molecule is CC(C)(C)OC=O.[N-]=[N+]=NN1CCCC(O)C1. The van der Waals surface area contributed by atoms with E-state index in [1.54, 1.807) is 5.01 Å². The number of carbonyl (C=O) groups is 1. The van der Waals surface area contributed by atoms with E-state index in [1.165, 1.54) is 0 Å². The molecule has 1 aliphatic heterocycles. The first kappa shape index (κ1) is 15.5. The van der Waals surface area contributed by atoms with Crippen molar-refractivity contribution in [3.05, 3.63) is 10.4 Å². The minimum Gasteiger partial charge on any atom is -0.462 e. The summed E-state index contributed by atoms with van der Waals surface area (Å²) in [5, 5.41) is 14.0. The first-order chi connectivity index (χ1) is 7.89. The van der Waals surface area contributed by atoms with Gasteiger partial charge in [-0.15, -0.1) is 5.53 Å². The maximum Gasteiger partial charge on any atom is 0.293 e. The molecule has 0 aromatic carbocycles. The maximum atomic E-state index is 9.60. The highest BCUT2D eigenvalue weighted by atomic mass is 16.5.